The fourth-order valence-electron chi connectivity index (χ4n) is 1.34. The van der Waals surface area contributed by atoms with Crippen molar-refractivity contribution < 1.29 is 4.57 Å². The number of aromatic nitrogens is 1. The maximum Gasteiger partial charge on any atom is 0.205 e. The van der Waals surface area contributed by atoms with Crippen molar-refractivity contribution in [2.75, 3.05) is 0 Å². The Bertz CT molecular complexity index is 287. The highest BCUT2D eigenvalue weighted by Crippen LogP contribution is 2.03. The fraction of sp³-hybridized carbons (Fsp3) is 0.222. The largest absolute Gasteiger partial charge is 0.205 e. The van der Waals surface area contributed by atoms with Crippen molar-refractivity contribution >= 4 is 6.08 Å². The topological polar surface area (TPSA) is 3.88 Å². The second-order valence-electron chi connectivity index (χ2n) is 2.61. The number of pyridine rings is 1. The molecular formula is C9H10N+. The summed E-state index contributed by atoms with van der Waals surface area (Å²) in [4.78, 5) is 0. The van der Waals surface area contributed by atoms with E-state index in [1.54, 1.807) is 0 Å². The van der Waals surface area contributed by atoms with Crippen molar-refractivity contribution in [2.24, 2.45) is 0 Å². The number of hydrogen-bond acceptors (Lipinski definition) is 0. The summed E-state index contributed by atoms with van der Waals surface area (Å²) in [5, 5.41) is 0. The minimum atomic E-state index is 1.04. The van der Waals surface area contributed by atoms with Crippen LogP contribution in [-0.2, 0) is 6.54 Å². The van der Waals surface area contributed by atoms with Crippen LogP contribution in [0.15, 0.2) is 24.3 Å². The van der Waals surface area contributed by atoms with Gasteiger partial charge >= 0.3 is 0 Å². The zero-order valence-electron chi connectivity index (χ0n) is 6.04. The molecule has 1 heteroatoms. The van der Waals surface area contributed by atoms with Gasteiger partial charge in [0.1, 0.15) is 0 Å². The van der Waals surface area contributed by atoms with Crippen molar-refractivity contribution in [1.82, 2.24) is 0 Å². The Kier molecular flexibility index (Phi) is 1.10. The van der Waals surface area contributed by atoms with Gasteiger partial charge in [-0.2, -0.15) is 4.57 Å². The first-order valence-electron chi connectivity index (χ1n) is 3.54. The van der Waals surface area contributed by atoms with Crippen LogP contribution in [0.2, 0.25) is 0 Å². The summed E-state index contributed by atoms with van der Waals surface area (Å²) < 4.78 is 2.29. The van der Waals surface area contributed by atoms with Gasteiger partial charge in [-0.15, -0.1) is 0 Å². The molecule has 0 aromatic carbocycles. The molecule has 0 amide bonds. The van der Waals surface area contributed by atoms with Gasteiger partial charge in [0.15, 0.2) is 12.2 Å². The molecule has 10 heavy (non-hydrogen) atoms. The number of hydrogen-bond donors (Lipinski definition) is 0. The molecule has 0 fully saturated rings. The molecule has 0 radical (unpaired) electrons. The Hall–Kier alpha value is -1.11. The van der Waals surface area contributed by atoms with E-state index in [9.17, 15) is 0 Å². The predicted molar refractivity (Wildman–Crippen MR) is 40.4 cm³/mol. The number of rotatable bonds is 0. The van der Waals surface area contributed by atoms with E-state index in [1.807, 2.05) is 0 Å². The van der Waals surface area contributed by atoms with Gasteiger partial charge in [-0.05, 0) is 12.1 Å². The van der Waals surface area contributed by atoms with Crippen LogP contribution in [0, 0.1) is 6.92 Å². The van der Waals surface area contributed by atoms with Crippen molar-refractivity contribution in [1.29, 1.82) is 0 Å². The van der Waals surface area contributed by atoms with E-state index in [4.69, 9.17) is 0 Å². The van der Waals surface area contributed by atoms with E-state index >= 15 is 0 Å². The average molecular weight is 132 g/mol. The highest BCUT2D eigenvalue weighted by atomic mass is 15.0. The van der Waals surface area contributed by atoms with Gasteiger partial charge in [0.25, 0.3) is 0 Å². The Balaban J connectivity index is 2.66. The van der Waals surface area contributed by atoms with Gasteiger partial charge < -0.3 is 0 Å². The molecule has 0 aliphatic carbocycles. The molecule has 1 nitrogen and oxygen atoms in total. The summed E-state index contributed by atoms with van der Waals surface area (Å²) in [5.74, 6) is 0. The van der Waals surface area contributed by atoms with E-state index in [1.165, 1.54) is 11.4 Å². The summed E-state index contributed by atoms with van der Waals surface area (Å²) in [6.07, 6.45) is 4.34. The number of allylic oxidation sites excluding steroid dienone is 1. The van der Waals surface area contributed by atoms with Crippen molar-refractivity contribution in [3.8, 4) is 0 Å². The van der Waals surface area contributed by atoms with Crippen LogP contribution in [0.5, 0.6) is 0 Å². The maximum absolute atomic E-state index is 2.29. The number of nitrogens with zero attached hydrogens (tertiary/aromatic N) is 1. The third-order valence-corrected chi connectivity index (χ3v) is 1.92. The minimum absolute atomic E-state index is 1.04. The highest BCUT2D eigenvalue weighted by Gasteiger charge is 2.13. The molecule has 2 heterocycles. The first kappa shape index (κ1) is 5.66. The quantitative estimate of drug-likeness (QED) is 0.468. The SMILES string of the molecule is Cc1cccc2[n+]1CC=C2. The Morgan fingerprint density at radius 1 is 1.40 bits per heavy atom. The van der Waals surface area contributed by atoms with E-state index in [0.29, 0.717) is 0 Å². The molecule has 1 aromatic heterocycles. The van der Waals surface area contributed by atoms with Gasteiger partial charge in [0.05, 0.1) is 0 Å². The lowest BCUT2D eigenvalue weighted by atomic mass is 10.3. The first-order valence-corrected chi connectivity index (χ1v) is 3.54. The molecule has 2 rings (SSSR count). The zero-order chi connectivity index (χ0) is 6.97. The Labute approximate surface area is 60.6 Å². The van der Waals surface area contributed by atoms with Crippen LogP contribution in [0.1, 0.15) is 11.4 Å². The average Bonchev–Trinajstić information content (AvgIpc) is 2.36. The molecule has 0 saturated heterocycles. The van der Waals surface area contributed by atoms with Crippen molar-refractivity contribution in [3.63, 3.8) is 0 Å². The summed E-state index contributed by atoms with van der Waals surface area (Å²) in [6, 6.07) is 6.36. The smallest absolute Gasteiger partial charge is 0.193 e. The van der Waals surface area contributed by atoms with Crippen LogP contribution in [0.25, 0.3) is 6.08 Å². The monoisotopic (exact) mass is 132 g/mol. The van der Waals surface area contributed by atoms with Crippen LogP contribution < -0.4 is 4.57 Å². The molecule has 0 unspecified atom stereocenters. The molecule has 0 saturated carbocycles. The second kappa shape index (κ2) is 1.94. The van der Waals surface area contributed by atoms with Crippen LogP contribution >= 0.6 is 0 Å². The lowest BCUT2D eigenvalue weighted by Crippen LogP contribution is -2.36. The van der Waals surface area contributed by atoms with Gasteiger partial charge in [0.2, 0.25) is 5.69 Å². The lowest BCUT2D eigenvalue weighted by Gasteiger charge is -1.94. The molecule has 0 N–H and O–H groups in total. The zero-order valence-corrected chi connectivity index (χ0v) is 6.04. The first-order chi connectivity index (χ1) is 4.88. The molecule has 0 atom stereocenters. The van der Waals surface area contributed by atoms with E-state index in [0.717, 1.165) is 6.54 Å². The van der Waals surface area contributed by atoms with Gasteiger partial charge in [0, 0.05) is 25.1 Å². The van der Waals surface area contributed by atoms with Gasteiger partial charge in [-0.1, -0.05) is 0 Å². The second-order valence-corrected chi connectivity index (χ2v) is 2.61. The van der Waals surface area contributed by atoms with Crippen LogP contribution in [-0.4, -0.2) is 0 Å². The summed E-state index contributed by atoms with van der Waals surface area (Å²) in [6.45, 7) is 3.18. The highest BCUT2D eigenvalue weighted by molar-refractivity contribution is 5.42. The summed E-state index contributed by atoms with van der Waals surface area (Å²) >= 11 is 0. The Morgan fingerprint density at radius 3 is 3.10 bits per heavy atom. The number of fused-ring (bicyclic) bond motifs is 1. The minimum Gasteiger partial charge on any atom is -0.193 e. The molecule has 50 valence electrons. The van der Waals surface area contributed by atoms with Gasteiger partial charge in [-0.3, -0.25) is 0 Å². The third-order valence-electron chi connectivity index (χ3n) is 1.92. The standard InChI is InChI=1S/C9H10N/c1-8-4-2-5-9-6-3-7-10(8)9/h2-6H,7H2,1H3/q+1. The maximum atomic E-state index is 2.29. The van der Waals surface area contributed by atoms with E-state index < -0.39 is 0 Å². The number of aryl methyl sites for hydroxylation is 1. The lowest BCUT2D eigenvalue weighted by molar-refractivity contribution is -0.690. The molecule has 0 bridgehead atoms. The molecular weight excluding hydrogens is 122 g/mol. The summed E-state index contributed by atoms with van der Waals surface area (Å²) in [7, 11) is 0. The van der Waals surface area contributed by atoms with Crippen molar-refractivity contribution in [2.45, 2.75) is 13.5 Å². The molecule has 1 aromatic rings. The third kappa shape index (κ3) is 0.670. The molecule has 0 spiro atoms. The predicted octanol–water partition coefficient (Wildman–Crippen LogP) is 1.31. The van der Waals surface area contributed by atoms with Crippen molar-refractivity contribution in [3.05, 3.63) is 35.7 Å². The van der Waals surface area contributed by atoms with Gasteiger partial charge in [-0.25, -0.2) is 0 Å². The Morgan fingerprint density at radius 2 is 2.30 bits per heavy atom. The van der Waals surface area contributed by atoms with E-state index in [2.05, 4.69) is 41.8 Å². The molecule has 1 aliphatic rings. The van der Waals surface area contributed by atoms with Crippen LogP contribution in [0.3, 0.4) is 0 Å². The molecule has 1 aliphatic heterocycles. The van der Waals surface area contributed by atoms with Crippen LogP contribution in [0.4, 0.5) is 0 Å². The fourth-order valence-corrected chi connectivity index (χ4v) is 1.34. The summed E-state index contributed by atoms with van der Waals surface area (Å²) in [5.41, 5.74) is 2.66. The normalized spacial score (nSPS) is 13.7. The van der Waals surface area contributed by atoms with E-state index in [-0.39, 0.29) is 0 Å².